The molecule has 0 bridgehead atoms. The fourth-order valence-electron chi connectivity index (χ4n) is 3.24. The molecule has 0 atom stereocenters. The fourth-order valence-corrected chi connectivity index (χ4v) is 3.24. The number of benzene rings is 3. The van der Waals surface area contributed by atoms with Crippen molar-refractivity contribution in [3.63, 3.8) is 0 Å². The van der Waals surface area contributed by atoms with Gasteiger partial charge >= 0.3 is 0 Å². The van der Waals surface area contributed by atoms with E-state index >= 15 is 0 Å². The SMILES string of the molecule is CCCc1ccc(-c2ccc(C=Cc3ccc(CC)c(F)c3F)cc2)c(F)c1F. The van der Waals surface area contributed by atoms with Crippen LogP contribution in [0, 0.1) is 23.3 Å². The van der Waals surface area contributed by atoms with E-state index in [-0.39, 0.29) is 11.1 Å². The number of rotatable bonds is 6. The highest BCUT2D eigenvalue weighted by atomic mass is 19.2. The quantitative estimate of drug-likeness (QED) is 0.296. The summed E-state index contributed by atoms with van der Waals surface area (Å²) in [7, 11) is 0. The van der Waals surface area contributed by atoms with Gasteiger partial charge in [0.15, 0.2) is 23.3 Å². The summed E-state index contributed by atoms with van der Waals surface area (Å²) in [6.07, 6.45) is 4.79. The van der Waals surface area contributed by atoms with Crippen LogP contribution in [0.25, 0.3) is 23.3 Å². The number of hydrogen-bond acceptors (Lipinski definition) is 0. The third-order valence-corrected chi connectivity index (χ3v) is 4.93. The van der Waals surface area contributed by atoms with Gasteiger partial charge in [0.2, 0.25) is 0 Å². The van der Waals surface area contributed by atoms with Crippen LogP contribution in [-0.2, 0) is 12.8 Å². The first-order valence-corrected chi connectivity index (χ1v) is 9.68. The van der Waals surface area contributed by atoms with Crippen LogP contribution >= 0.6 is 0 Å². The molecule has 150 valence electrons. The van der Waals surface area contributed by atoms with E-state index in [1.807, 2.05) is 6.92 Å². The lowest BCUT2D eigenvalue weighted by molar-refractivity contribution is 0.498. The molecule has 3 aromatic rings. The maximum Gasteiger partial charge on any atom is 0.166 e. The molecular formula is C25H22F4. The molecule has 0 spiro atoms. The summed E-state index contributed by atoms with van der Waals surface area (Å²) >= 11 is 0. The minimum Gasteiger partial charge on any atom is -0.203 e. The Balaban J connectivity index is 1.84. The van der Waals surface area contributed by atoms with E-state index in [0.717, 1.165) is 12.0 Å². The van der Waals surface area contributed by atoms with Crippen LogP contribution in [0.15, 0.2) is 48.5 Å². The molecule has 0 unspecified atom stereocenters. The van der Waals surface area contributed by atoms with Gasteiger partial charge < -0.3 is 0 Å². The zero-order valence-electron chi connectivity index (χ0n) is 16.4. The van der Waals surface area contributed by atoms with Crippen molar-refractivity contribution in [3.05, 3.63) is 94.1 Å². The molecular weight excluding hydrogens is 376 g/mol. The van der Waals surface area contributed by atoms with Crippen molar-refractivity contribution in [1.82, 2.24) is 0 Å². The maximum absolute atomic E-state index is 14.4. The van der Waals surface area contributed by atoms with Crippen LogP contribution in [0.2, 0.25) is 0 Å². The van der Waals surface area contributed by atoms with Crippen molar-refractivity contribution in [1.29, 1.82) is 0 Å². The second-order valence-corrected chi connectivity index (χ2v) is 6.90. The summed E-state index contributed by atoms with van der Waals surface area (Å²) in [4.78, 5) is 0. The van der Waals surface area contributed by atoms with Gasteiger partial charge in [0, 0.05) is 11.1 Å². The van der Waals surface area contributed by atoms with E-state index in [1.165, 1.54) is 12.1 Å². The molecule has 3 aromatic carbocycles. The molecule has 0 aromatic heterocycles. The first-order chi connectivity index (χ1) is 14.0. The average Bonchev–Trinajstić information content (AvgIpc) is 2.73. The summed E-state index contributed by atoms with van der Waals surface area (Å²) < 4.78 is 56.6. The Kier molecular flexibility index (Phi) is 6.53. The second kappa shape index (κ2) is 9.08. The normalized spacial score (nSPS) is 11.4. The van der Waals surface area contributed by atoms with Crippen LogP contribution in [-0.4, -0.2) is 0 Å². The van der Waals surface area contributed by atoms with Crippen molar-refractivity contribution >= 4 is 12.2 Å². The highest BCUT2D eigenvalue weighted by Crippen LogP contribution is 2.28. The standard InChI is InChI=1S/C25H22F4/c1-3-5-19-14-15-21(25(29)24(19)28)18-9-6-16(7-10-18)8-11-20-13-12-17(4-2)22(26)23(20)27/h6-15H,3-5H2,1-2H3. The van der Waals surface area contributed by atoms with Crippen molar-refractivity contribution in [2.24, 2.45) is 0 Å². The lowest BCUT2D eigenvalue weighted by Gasteiger charge is -2.08. The molecule has 0 nitrogen and oxygen atoms in total. The number of halogens is 4. The molecule has 0 fully saturated rings. The Hall–Kier alpha value is -2.88. The van der Waals surface area contributed by atoms with Crippen LogP contribution < -0.4 is 0 Å². The topological polar surface area (TPSA) is 0 Å². The molecule has 3 rings (SSSR count). The summed E-state index contributed by atoms with van der Waals surface area (Å²) in [5, 5.41) is 0. The minimum atomic E-state index is -0.873. The second-order valence-electron chi connectivity index (χ2n) is 6.90. The number of hydrogen-bond donors (Lipinski definition) is 0. The zero-order chi connectivity index (χ0) is 21.0. The maximum atomic E-state index is 14.4. The third kappa shape index (κ3) is 4.42. The van der Waals surface area contributed by atoms with Crippen LogP contribution in [0.4, 0.5) is 17.6 Å². The van der Waals surface area contributed by atoms with Gasteiger partial charge in [-0.25, -0.2) is 17.6 Å². The Morgan fingerprint density at radius 2 is 1.31 bits per heavy atom. The molecule has 0 saturated heterocycles. The van der Waals surface area contributed by atoms with E-state index < -0.39 is 23.3 Å². The summed E-state index contributed by atoms with van der Waals surface area (Å²) in [6.45, 7) is 3.68. The van der Waals surface area contributed by atoms with E-state index in [4.69, 9.17) is 0 Å². The van der Waals surface area contributed by atoms with E-state index in [0.29, 0.717) is 29.5 Å². The molecule has 0 aliphatic carbocycles. The van der Waals surface area contributed by atoms with Gasteiger partial charge in [-0.15, -0.1) is 0 Å². The predicted octanol–water partition coefficient (Wildman–Crippen LogP) is 7.60. The minimum absolute atomic E-state index is 0.156. The van der Waals surface area contributed by atoms with Crippen molar-refractivity contribution in [2.45, 2.75) is 33.1 Å². The Morgan fingerprint density at radius 1 is 0.655 bits per heavy atom. The van der Waals surface area contributed by atoms with Crippen LogP contribution in [0.3, 0.4) is 0 Å². The van der Waals surface area contributed by atoms with Gasteiger partial charge in [0.1, 0.15) is 0 Å². The molecule has 29 heavy (non-hydrogen) atoms. The molecule has 0 radical (unpaired) electrons. The predicted molar refractivity (Wildman–Crippen MR) is 110 cm³/mol. The fraction of sp³-hybridized carbons (Fsp3) is 0.200. The number of aryl methyl sites for hydroxylation is 2. The Bertz CT molecular complexity index is 1030. The molecule has 0 amide bonds. The smallest absolute Gasteiger partial charge is 0.166 e. The van der Waals surface area contributed by atoms with Gasteiger partial charge in [-0.05, 0) is 35.1 Å². The third-order valence-electron chi connectivity index (χ3n) is 4.93. The van der Waals surface area contributed by atoms with Gasteiger partial charge in [-0.2, -0.15) is 0 Å². The summed E-state index contributed by atoms with van der Waals surface area (Å²) in [6, 6.07) is 13.1. The van der Waals surface area contributed by atoms with Gasteiger partial charge in [-0.3, -0.25) is 0 Å². The average molecular weight is 398 g/mol. The molecule has 4 heteroatoms. The Labute approximate surface area is 168 Å². The van der Waals surface area contributed by atoms with Gasteiger partial charge in [0.05, 0.1) is 0 Å². The molecule has 0 saturated carbocycles. The first kappa shape index (κ1) is 20.8. The first-order valence-electron chi connectivity index (χ1n) is 9.68. The van der Waals surface area contributed by atoms with Crippen molar-refractivity contribution in [3.8, 4) is 11.1 Å². The van der Waals surface area contributed by atoms with Gasteiger partial charge in [0.25, 0.3) is 0 Å². The van der Waals surface area contributed by atoms with Gasteiger partial charge in [-0.1, -0.05) is 81.0 Å². The van der Waals surface area contributed by atoms with Crippen molar-refractivity contribution in [2.75, 3.05) is 0 Å². The zero-order valence-corrected chi connectivity index (χ0v) is 16.4. The Morgan fingerprint density at radius 3 is 1.97 bits per heavy atom. The lowest BCUT2D eigenvalue weighted by atomic mass is 9.99. The summed E-state index contributed by atoms with van der Waals surface area (Å²) in [5.74, 6) is -3.36. The van der Waals surface area contributed by atoms with Crippen LogP contribution in [0.5, 0.6) is 0 Å². The highest BCUT2D eigenvalue weighted by Gasteiger charge is 2.14. The largest absolute Gasteiger partial charge is 0.203 e. The molecule has 0 heterocycles. The highest BCUT2D eigenvalue weighted by molar-refractivity contribution is 5.72. The van der Waals surface area contributed by atoms with E-state index in [1.54, 1.807) is 55.5 Å². The lowest BCUT2D eigenvalue weighted by Crippen LogP contribution is -1.97. The monoisotopic (exact) mass is 398 g/mol. The van der Waals surface area contributed by atoms with Crippen molar-refractivity contribution < 1.29 is 17.6 Å². The van der Waals surface area contributed by atoms with E-state index in [9.17, 15) is 17.6 Å². The molecule has 0 aliphatic rings. The summed E-state index contributed by atoms with van der Waals surface area (Å²) in [5.41, 5.74) is 2.34. The molecule has 0 N–H and O–H groups in total. The molecule has 0 aliphatic heterocycles. The van der Waals surface area contributed by atoms with E-state index in [2.05, 4.69) is 0 Å². The van der Waals surface area contributed by atoms with Crippen LogP contribution in [0.1, 0.15) is 42.5 Å².